The number of hydrogen-bond donors (Lipinski definition) is 2. The molecular formula is C17H22ClNO4. The van der Waals surface area contributed by atoms with E-state index in [0.717, 1.165) is 12.8 Å². The summed E-state index contributed by atoms with van der Waals surface area (Å²) in [6.07, 6.45) is 6.00. The molecular weight excluding hydrogens is 318 g/mol. The molecule has 0 aromatic heterocycles. The van der Waals surface area contributed by atoms with Gasteiger partial charge in [-0.1, -0.05) is 36.9 Å². The number of carbonyl (C=O) groups excluding carboxylic acids is 2. The number of hydrogen-bond acceptors (Lipinski definition) is 4. The minimum Gasteiger partial charge on any atom is -0.508 e. The summed E-state index contributed by atoms with van der Waals surface area (Å²) in [6, 6.07) is 4.37. The summed E-state index contributed by atoms with van der Waals surface area (Å²) >= 11 is 5.92. The lowest BCUT2D eigenvalue weighted by molar-refractivity contribution is -0.147. The van der Waals surface area contributed by atoms with Gasteiger partial charge in [0.25, 0.3) is 5.91 Å². The van der Waals surface area contributed by atoms with Crippen molar-refractivity contribution < 1.29 is 19.4 Å². The van der Waals surface area contributed by atoms with Crippen LogP contribution in [0.4, 0.5) is 0 Å². The SMILES string of the molecule is O=C(COC(=O)Cc1ccc(O)cc1Cl)NCC1CCCCC1. The molecule has 1 saturated carbocycles. The van der Waals surface area contributed by atoms with Crippen molar-refractivity contribution in [3.63, 3.8) is 0 Å². The van der Waals surface area contributed by atoms with E-state index in [-0.39, 0.29) is 24.7 Å². The first-order valence-corrected chi connectivity index (χ1v) is 8.32. The lowest BCUT2D eigenvalue weighted by Crippen LogP contribution is -2.33. The number of phenolic OH excluding ortho intramolecular Hbond substituents is 1. The molecule has 2 N–H and O–H groups in total. The average molecular weight is 340 g/mol. The number of amides is 1. The van der Waals surface area contributed by atoms with Crippen LogP contribution >= 0.6 is 11.6 Å². The van der Waals surface area contributed by atoms with Gasteiger partial charge in [0.15, 0.2) is 6.61 Å². The second-order valence-corrected chi connectivity index (χ2v) is 6.33. The summed E-state index contributed by atoms with van der Waals surface area (Å²) in [4.78, 5) is 23.4. The van der Waals surface area contributed by atoms with Crippen molar-refractivity contribution in [2.24, 2.45) is 5.92 Å². The Morgan fingerprint density at radius 2 is 2.00 bits per heavy atom. The summed E-state index contributed by atoms with van der Waals surface area (Å²) in [5.41, 5.74) is 0.553. The highest BCUT2D eigenvalue weighted by atomic mass is 35.5. The summed E-state index contributed by atoms with van der Waals surface area (Å²) in [5, 5.41) is 12.4. The third-order valence-corrected chi connectivity index (χ3v) is 4.40. The Morgan fingerprint density at radius 1 is 1.26 bits per heavy atom. The Bertz CT molecular complexity index is 556. The average Bonchev–Trinajstić information content (AvgIpc) is 2.54. The summed E-state index contributed by atoms with van der Waals surface area (Å²) in [6.45, 7) is 0.376. The number of ether oxygens (including phenoxy) is 1. The highest BCUT2D eigenvalue weighted by molar-refractivity contribution is 6.31. The molecule has 2 rings (SSSR count). The van der Waals surface area contributed by atoms with Crippen LogP contribution in [0.25, 0.3) is 0 Å². The molecule has 1 aromatic carbocycles. The number of nitrogens with one attached hydrogen (secondary N) is 1. The lowest BCUT2D eigenvalue weighted by atomic mass is 9.89. The highest BCUT2D eigenvalue weighted by Crippen LogP contribution is 2.23. The van der Waals surface area contributed by atoms with Gasteiger partial charge in [-0.2, -0.15) is 0 Å². The first-order valence-electron chi connectivity index (χ1n) is 7.94. The first-order chi connectivity index (χ1) is 11.0. The maximum Gasteiger partial charge on any atom is 0.310 e. The fourth-order valence-electron chi connectivity index (χ4n) is 2.73. The second-order valence-electron chi connectivity index (χ2n) is 5.92. The quantitative estimate of drug-likeness (QED) is 0.781. The van der Waals surface area contributed by atoms with Crippen LogP contribution in [-0.2, 0) is 20.7 Å². The van der Waals surface area contributed by atoms with E-state index < -0.39 is 5.97 Å². The molecule has 5 nitrogen and oxygen atoms in total. The van der Waals surface area contributed by atoms with Gasteiger partial charge in [0.1, 0.15) is 5.75 Å². The summed E-state index contributed by atoms with van der Waals surface area (Å²) in [5.74, 6) is -0.223. The molecule has 1 aliphatic rings. The number of benzene rings is 1. The van der Waals surface area contributed by atoms with Crippen molar-refractivity contribution in [1.82, 2.24) is 5.32 Å². The van der Waals surface area contributed by atoms with Crippen molar-refractivity contribution in [3.8, 4) is 5.75 Å². The van der Waals surface area contributed by atoms with E-state index in [9.17, 15) is 14.7 Å². The molecule has 0 atom stereocenters. The van der Waals surface area contributed by atoms with E-state index in [0.29, 0.717) is 23.0 Å². The van der Waals surface area contributed by atoms with Crippen molar-refractivity contribution in [1.29, 1.82) is 0 Å². The van der Waals surface area contributed by atoms with E-state index in [1.165, 1.54) is 31.4 Å². The normalized spacial score (nSPS) is 15.2. The molecule has 6 heteroatoms. The number of carbonyl (C=O) groups is 2. The van der Waals surface area contributed by atoms with Gasteiger partial charge >= 0.3 is 5.97 Å². The summed E-state index contributed by atoms with van der Waals surface area (Å²) < 4.78 is 4.96. The van der Waals surface area contributed by atoms with E-state index in [1.54, 1.807) is 6.07 Å². The molecule has 0 bridgehead atoms. The van der Waals surface area contributed by atoms with Crippen LogP contribution in [0.1, 0.15) is 37.7 Å². The number of esters is 1. The zero-order valence-electron chi connectivity index (χ0n) is 13.0. The molecule has 0 heterocycles. The van der Waals surface area contributed by atoms with Gasteiger partial charge in [0.2, 0.25) is 0 Å². The van der Waals surface area contributed by atoms with Crippen molar-refractivity contribution in [2.75, 3.05) is 13.2 Å². The van der Waals surface area contributed by atoms with Crippen molar-refractivity contribution in [3.05, 3.63) is 28.8 Å². The molecule has 0 spiro atoms. The Balaban J connectivity index is 1.68. The van der Waals surface area contributed by atoms with Crippen LogP contribution in [0.2, 0.25) is 5.02 Å². The molecule has 0 unspecified atom stereocenters. The van der Waals surface area contributed by atoms with E-state index in [1.807, 2.05) is 0 Å². The maximum atomic E-state index is 11.7. The van der Waals surface area contributed by atoms with Crippen molar-refractivity contribution in [2.45, 2.75) is 38.5 Å². The van der Waals surface area contributed by atoms with Gasteiger partial charge in [-0.25, -0.2) is 0 Å². The van der Waals surface area contributed by atoms with Gasteiger partial charge in [-0.3, -0.25) is 9.59 Å². The van der Waals surface area contributed by atoms with Crippen LogP contribution in [0.3, 0.4) is 0 Å². The van der Waals surface area contributed by atoms with Crippen LogP contribution in [0, 0.1) is 5.92 Å². The molecule has 126 valence electrons. The molecule has 0 radical (unpaired) electrons. The maximum absolute atomic E-state index is 11.7. The van der Waals surface area contributed by atoms with Gasteiger partial charge in [0.05, 0.1) is 6.42 Å². The Morgan fingerprint density at radius 3 is 2.70 bits per heavy atom. The predicted molar refractivity (Wildman–Crippen MR) is 87.4 cm³/mol. The standard InChI is InChI=1S/C17H22ClNO4/c18-15-9-14(20)7-6-13(15)8-17(22)23-11-16(21)19-10-12-4-2-1-3-5-12/h6-7,9,12,20H,1-5,8,10-11H2,(H,19,21). The van der Waals surface area contributed by atoms with Crippen LogP contribution in [0.15, 0.2) is 18.2 Å². The van der Waals surface area contributed by atoms with Crippen LogP contribution in [-0.4, -0.2) is 30.1 Å². The molecule has 0 aliphatic heterocycles. The molecule has 1 fully saturated rings. The largest absolute Gasteiger partial charge is 0.508 e. The Hall–Kier alpha value is -1.75. The fourth-order valence-corrected chi connectivity index (χ4v) is 2.97. The molecule has 1 aromatic rings. The van der Waals surface area contributed by atoms with Gasteiger partial charge in [0, 0.05) is 11.6 Å². The number of aromatic hydroxyl groups is 1. The third kappa shape index (κ3) is 6.10. The predicted octanol–water partition coefficient (Wildman–Crippen LogP) is 2.83. The smallest absolute Gasteiger partial charge is 0.310 e. The Labute approximate surface area is 141 Å². The Kier molecular flexibility index (Phi) is 6.71. The molecule has 1 amide bonds. The van der Waals surface area contributed by atoms with E-state index in [4.69, 9.17) is 16.3 Å². The van der Waals surface area contributed by atoms with Crippen LogP contribution in [0.5, 0.6) is 5.75 Å². The topological polar surface area (TPSA) is 75.6 Å². The highest BCUT2D eigenvalue weighted by Gasteiger charge is 2.15. The molecule has 1 aliphatic carbocycles. The third-order valence-electron chi connectivity index (χ3n) is 4.05. The van der Waals surface area contributed by atoms with E-state index >= 15 is 0 Å². The van der Waals surface area contributed by atoms with Crippen LogP contribution < -0.4 is 5.32 Å². The van der Waals surface area contributed by atoms with Gasteiger partial charge < -0.3 is 15.2 Å². The first kappa shape index (κ1) is 17.6. The van der Waals surface area contributed by atoms with E-state index in [2.05, 4.69) is 5.32 Å². The zero-order valence-corrected chi connectivity index (χ0v) is 13.8. The molecule has 0 saturated heterocycles. The second kappa shape index (κ2) is 8.77. The van der Waals surface area contributed by atoms with Crippen molar-refractivity contribution >= 4 is 23.5 Å². The molecule has 23 heavy (non-hydrogen) atoms. The number of halogens is 1. The minimum atomic E-state index is -0.523. The summed E-state index contributed by atoms with van der Waals surface area (Å²) in [7, 11) is 0. The van der Waals surface area contributed by atoms with Gasteiger partial charge in [-0.05, 0) is 36.5 Å². The minimum absolute atomic E-state index is 0.0327. The zero-order chi connectivity index (χ0) is 16.7. The number of phenols is 1. The van der Waals surface area contributed by atoms with Gasteiger partial charge in [-0.15, -0.1) is 0 Å². The number of rotatable bonds is 6. The monoisotopic (exact) mass is 339 g/mol. The fraction of sp³-hybridized carbons (Fsp3) is 0.529. The lowest BCUT2D eigenvalue weighted by Gasteiger charge is -2.21.